The first kappa shape index (κ1) is 25.7. The van der Waals surface area contributed by atoms with Gasteiger partial charge in [-0.3, -0.25) is 10.1 Å². The van der Waals surface area contributed by atoms with Crippen LogP contribution in [0.2, 0.25) is 0 Å². The van der Waals surface area contributed by atoms with E-state index < -0.39 is 11.4 Å². The van der Waals surface area contributed by atoms with Gasteiger partial charge in [-0.25, -0.2) is 14.4 Å². The van der Waals surface area contributed by atoms with Gasteiger partial charge in [0.05, 0.1) is 31.4 Å². The van der Waals surface area contributed by atoms with Crippen molar-refractivity contribution in [3.63, 3.8) is 0 Å². The number of terminal acetylenes is 1. The molecule has 38 heavy (non-hydrogen) atoms. The topological polar surface area (TPSA) is 109 Å². The van der Waals surface area contributed by atoms with Crippen molar-refractivity contribution in [2.24, 2.45) is 11.8 Å². The molecule has 9 nitrogen and oxygen atoms in total. The van der Waals surface area contributed by atoms with Crippen LogP contribution in [0.5, 0.6) is 11.5 Å². The number of methoxy groups -OCH3 is 1. The van der Waals surface area contributed by atoms with E-state index >= 15 is 0 Å². The normalized spacial score (nSPS) is 22.4. The number of nitro groups is 1. The number of nitrogens with zero attached hydrogens (tertiary/aromatic N) is 3. The van der Waals surface area contributed by atoms with E-state index in [1.54, 1.807) is 18.2 Å². The molecule has 2 heterocycles. The minimum absolute atomic E-state index is 0.0888. The van der Waals surface area contributed by atoms with Crippen LogP contribution in [0.25, 0.3) is 10.9 Å². The zero-order valence-electron chi connectivity index (χ0n) is 21.1. The fraction of sp³-hybridized carbons (Fsp3) is 0.429. The maximum absolute atomic E-state index is 13.8. The quantitative estimate of drug-likeness (QED) is 0.179. The molecule has 3 aromatic rings. The summed E-state index contributed by atoms with van der Waals surface area (Å²) in [6.07, 6.45) is 9.73. The Balaban J connectivity index is 1.31. The highest BCUT2D eigenvalue weighted by molar-refractivity contribution is 5.93. The van der Waals surface area contributed by atoms with Gasteiger partial charge in [-0.05, 0) is 48.9 Å². The Labute approximate surface area is 219 Å². The number of hydrogen-bond donors (Lipinski definition) is 1. The summed E-state index contributed by atoms with van der Waals surface area (Å²) in [4.78, 5) is 20.7. The average Bonchev–Trinajstić information content (AvgIpc) is 3.39. The van der Waals surface area contributed by atoms with E-state index in [2.05, 4.69) is 21.2 Å². The molecule has 10 heteroatoms. The number of nitrogens with one attached hydrogen (secondary N) is 1. The molecule has 1 aliphatic carbocycles. The lowest BCUT2D eigenvalue weighted by atomic mass is 9.70. The third-order valence-electron chi connectivity index (χ3n) is 7.69. The van der Waals surface area contributed by atoms with Gasteiger partial charge >= 0.3 is 0 Å². The molecular weight excluding hydrogens is 491 g/mol. The zero-order valence-corrected chi connectivity index (χ0v) is 21.1. The number of halogens is 1. The van der Waals surface area contributed by atoms with Crippen LogP contribution in [0.3, 0.4) is 0 Å². The van der Waals surface area contributed by atoms with Crippen molar-refractivity contribution >= 4 is 22.4 Å². The Morgan fingerprint density at radius 3 is 2.89 bits per heavy atom. The monoisotopic (exact) mass is 520 g/mol. The minimum atomic E-state index is -0.928. The first-order valence-corrected chi connectivity index (χ1v) is 12.6. The molecular formula is C28H29FN4O5. The van der Waals surface area contributed by atoms with Crippen LogP contribution in [-0.2, 0) is 4.74 Å². The van der Waals surface area contributed by atoms with Crippen molar-refractivity contribution in [1.82, 2.24) is 9.97 Å². The number of benzene rings is 2. The first-order chi connectivity index (χ1) is 18.4. The second-order valence-electron chi connectivity index (χ2n) is 9.94. The van der Waals surface area contributed by atoms with Crippen molar-refractivity contribution < 1.29 is 23.5 Å². The fourth-order valence-electron chi connectivity index (χ4n) is 5.59. The van der Waals surface area contributed by atoms with Crippen LogP contribution in [0.15, 0.2) is 36.7 Å². The molecule has 198 valence electrons. The summed E-state index contributed by atoms with van der Waals surface area (Å²) in [5.74, 6) is 4.01. The molecule has 3 atom stereocenters. The maximum atomic E-state index is 13.8. The predicted octanol–water partition coefficient (Wildman–Crippen LogP) is 5.12. The van der Waals surface area contributed by atoms with E-state index in [0.29, 0.717) is 78.7 Å². The van der Waals surface area contributed by atoms with E-state index in [1.807, 2.05) is 0 Å². The number of rotatable bonds is 9. The highest BCUT2D eigenvalue weighted by Gasteiger charge is 2.50. The molecule has 0 bridgehead atoms. The Bertz CT molecular complexity index is 1390. The Kier molecular flexibility index (Phi) is 7.29. The van der Waals surface area contributed by atoms with Crippen LogP contribution in [0, 0.1) is 40.1 Å². The van der Waals surface area contributed by atoms with Crippen molar-refractivity contribution in [3.8, 4) is 23.8 Å². The number of ether oxygens (including phenoxy) is 3. The highest BCUT2D eigenvalue weighted by atomic mass is 19.1. The second-order valence-corrected chi connectivity index (χ2v) is 9.94. The molecule has 1 N–H and O–H groups in total. The predicted molar refractivity (Wildman–Crippen MR) is 140 cm³/mol. The van der Waals surface area contributed by atoms with Crippen molar-refractivity contribution in [1.29, 1.82) is 0 Å². The van der Waals surface area contributed by atoms with Crippen LogP contribution >= 0.6 is 0 Å². The number of fused-ring (bicyclic) bond motifs is 2. The summed E-state index contributed by atoms with van der Waals surface area (Å²) in [6, 6.07) is 7.91. The molecule has 2 fully saturated rings. The minimum Gasteiger partial charge on any atom is -0.493 e. The van der Waals surface area contributed by atoms with Gasteiger partial charge in [0.2, 0.25) is 5.54 Å². The van der Waals surface area contributed by atoms with E-state index in [4.69, 9.17) is 20.6 Å². The van der Waals surface area contributed by atoms with E-state index in [0.717, 1.165) is 13.0 Å². The lowest BCUT2D eigenvalue weighted by Gasteiger charge is -2.35. The smallest absolute Gasteiger partial charge is 0.222 e. The maximum Gasteiger partial charge on any atom is 0.222 e. The van der Waals surface area contributed by atoms with Gasteiger partial charge in [-0.2, -0.15) is 0 Å². The molecule has 0 amide bonds. The zero-order chi connectivity index (χ0) is 26.7. The van der Waals surface area contributed by atoms with E-state index in [1.165, 1.54) is 25.6 Å². The Hall–Kier alpha value is -3.97. The summed E-state index contributed by atoms with van der Waals surface area (Å²) in [5, 5.41) is 15.9. The van der Waals surface area contributed by atoms with E-state index in [-0.39, 0.29) is 16.4 Å². The van der Waals surface area contributed by atoms with Crippen molar-refractivity contribution in [2.45, 2.75) is 37.6 Å². The van der Waals surface area contributed by atoms with Gasteiger partial charge in [-0.1, -0.05) is 5.92 Å². The third kappa shape index (κ3) is 5.07. The summed E-state index contributed by atoms with van der Waals surface area (Å²) >= 11 is 0. The van der Waals surface area contributed by atoms with Crippen molar-refractivity contribution in [2.75, 3.05) is 32.2 Å². The molecule has 0 spiro atoms. The van der Waals surface area contributed by atoms with Gasteiger partial charge in [0.25, 0.3) is 0 Å². The van der Waals surface area contributed by atoms with Gasteiger partial charge in [0.1, 0.15) is 18.0 Å². The SMILES string of the molecule is C#Cc1cc(Nc2ncnc3cc(OC)c(OCCCC4([N+](=O)[O-])CCC5COCC5C4)cc23)ccc1F. The number of hydrogen-bond acceptors (Lipinski definition) is 8. The fourth-order valence-corrected chi connectivity index (χ4v) is 5.59. The highest BCUT2D eigenvalue weighted by Crippen LogP contribution is 2.44. The standard InChI is InChI=1S/C28H29FN4O5/c1-3-18-11-21(5-6-23(18)29)32-27-22-12-26(25(36-2)13-24(22)30-17-31-27)38-10-4-8-28(33(34)35)9-7-19-15-37-16-20(19)14-28/h1,5-6,11-13,17,19-20H,4,7-10,14-16H2,2H3,(H,30,31,32). The summed E-state index contributed by atoms with van der Waals surface area (Å²) < 4.78 is 31.0. The van der Waals surface area contributed by atoms with Crippen LogP contribution in [0.1, 0.15) is 37.7 Å². The largest absolute Gasteiger partial charge is 0.493 e. The second kappa shape index (κ2) is 10.8. The number of aromatic nitrogens is 2. The number of anilines is 2. The molecule has 1 saturated carbocycles. The van der Waals surface area contributed by atoms with Crippen LogP contribution in [-0.4, -0.2) is 47.4 Å². The van der Waals surface area contributed by atoms with Gasteiger partial charge < -0.3 is 19.5 Å². The Morgan fingerprint density at radius 1 is 1.26 bits per heavy atom. The molecule has 3 unspecified atom stereocenters. The third-order valence-corrected chi connectivity index (χ3v) is 7.69. The van der Waals surface area contributed by atoms with Gasteiger partial charge in [-0.15, -0.1) is 6.42 Å². The average molecular weight is 521 g/mol. The molecule has 0 radical (unpaired) electrons. The molecule has 5 rings (SSSR count). The molecule has 1 aromatic heterocycles. The van der Waals surface area contributed by atoms with Gasteiger partial charge in [0, 0.05) is 47.9 Å². The molecule has 2 aromatic carbocycles. The molecule has 2 aliphatic rings. The lowest BCUT2D eigenvalue weighted by molar-refractivity contribution is -0.578. The van der Waals surface area contributed by atoms with E-state index in [9.17, 15) is 14.5 Å². The van der Waals surface area contributed by atoms with Crippen molar-refractivity contribution in [3.05, 3.63) is 58.2 Å². The summed E-state index contributed by atoms with van der Waals surface area (Å²) in [7, 11) is 1.54. The Morgan fingerprint density at radius 2 is 2.11 bits per heavy atom. The molecule has 1 saturated heterocycles. The lowest BCUT2D eigenvalue weighted by Crippen LogP contribution is -2.45. The summed E-state index contributed by atoms with van der Waals surface area (Å²) in [5.41, 5.74) is 0.405. The summed E-state index contributed by atoms with van der Waals surface area (Å²) in [6.45, 7) is 1.63. The van der Waals surface area contributed by atoms with Gasteiger partial charge in [0.15, 0.2) is 11.5 Å². The molecule has 1 aliphatic heterocycles. The van der Waals surface area contributed by atoms with Crippen LogP contribution in [0.4, 0.5) is 15.9 Å². The van der Waals surface area contributed by atoms with Crippen LogP contribution < -0.4 is 14.8 Å². The first-order valence-electron chi connectivity index (χ1n) is 12.6.